The Morgan fingerprint density at radius 1 is 1.50 bits per heavy atom. The molecule has 0 bridgehead atoms. The molecule has 1 amide bonds. The zero-order valence-corrected chi connectivity index (χ0v) is 14.4. The highest BCUT2D eigenvalue weighted by molar-refractivity contribution is 14.1. The minimum absolute atomic E-state index is 0.247. The van der Waals surface area contributed by atoms with Crippen LogP contribution in [-0.2, 0) is 4.74 Å². The third kappa shape index (κ3) is 5.52. The molecule has 1 aromatic heterocycles. The molecule has 0 fully saturated rings. The number of amides is 1. The molecule has 0 aliphatic rings. The van der Waals surface area contributed by atoms with Crippen LogP contribution in [0.3, 0.4) is 0 Å². The lowest BCUT2D eigenvalue weighted by Gasteiger charge is -2.30. The van der Waals surface area contributed by atoms with Gasteiger partial charge in [0.25, 0.3) is 0 Å². The molecule has 1 heterocycles. The number of aromatic nitrogens is 1. The molecule has 0 unspecified atom stereocenters. The van der Waals surface area contributed by atoms with Gasteiger partial charge in [-0.15, -0.1) is 0 Å². The second-order valence-electron chi connectivity index (χ2n) is 5.48. The third-order valence-electron chi connectivity index (χ3n) is 2.72. The van der Waals surface area contributed by atoms with Crippen LogP contribution in [-0.4, -0.2) is 23.3 Å². The summed E-state index contributed by atoms with van der Waals surface area (Å²) >= 11 is 2.15. The number of hydrogen-bond donors (Lipinski definition) is 1. The van der Waals surface area contributed by atoms with Gasteiger partial charge in [-0.25, -0.2) is 9.78 Å². The van der Waals surface area contributed by atoms with Gasteiger partial charge in [-0.3, -0.25) is 0 Å². The van der Waals surface area contributed by atoms with Crippen molar-refractivity contribution >= 4 is 28.7 Å². The van der Waals surface area contributed by atoms with E-state index < -0.39 is 11.7 Å². The van der Waals surface area contributed by atoms with E-state index in [0.29, 0.717) is 18.1 Å². The fraction of sp³-hybridized carbons (Fsp3) is 0.571. The normalized spacial score (nSPS) is 13.9. The molecule has 5 nitrogen and oxygen atoms in total. The van der Waals surface area contributed by atoms with Crippen LogP contribution in [0, 0.1) is 16.5 Å². The highest BCUT2D eigenvalue weighted by atomic mass is 127. The average Bonchev–Trinajstić information content (AvgIpc) is 2.25. The summed E-state index contributed by atoms with van der Waals surface area (Å²) in [6, 6.07) is 3.74. The highest BCUT2D eigenvalue weighted by Gasteiger charge is 2.30. The molecule has 0 aliphatic heterocycles. The van der Waals surface area contributed by atoms with Crippen LogP contribution in [0.2, 0.25) is 0 Å². The Morgan fingerprint density at radius 3 is 2.65 bits per heavy atom. The molecule has 112 valence electrons. The quantitative estimate of drug-likeness (QED) is 0.596. The summed E-state index contributed by atoms with van der Waals surface area (Å²) < 4.78 is 11.9. The molecule has 0 radical (unpaired) electrons. The van der Waals surface area contributed by atoms with Crippen molar-refractivity contribution < 1.29 is 14.3 Å². The fourth-order valence-corrected chi connectivity index (χ4v) is 2.68. The molecule has 2 N–H and O–H groups in total. The van der Waals surface area contributed by atoms with Crippen molar-refractivity contribution in [3.63, 3.8) is 0 Å². The highest BCUT2D eigenvalue weighted by Crippen LogP contribution is 2.24. The van der Waals surface area contributed by atoms with Crippen molar-refractivity contribution in [2.45, 2.75) is 39.7 Å². The monoisotopic (exact) mass is 392 g/mol. The third-order valence-corrected chi connectivity index (χ3v) is 3.32. The van der Waals surface area contributed by atoms with Gasteiger partial charge in [0.1, 0.15) is 21.7 Å². The average molecular weight is 392 g/mol. The van der Waals surface area contributed by atoms with Crippen molar-refractivity contribution in [3.05, 3.63) is 21.5 Å². The Labute approximate surface area is 133 Å². The Morgan fingerprint density at radius 2 is 2.15 bits per heavy atom. The van der Waals surface area contributed by atoms with Gasteiger partial charge in [-0.05, 0) is 60.9 Å². The maximum atomic E-state index is 11.1. The van der Waals surface area contributed by atoms with Gasteiger partial charge in [-0.1, -0.05) is 13.8 Å². The van der Waals surface area contributed by atoms with E-state index in [1.807, 2.05) is 26.0 Å². The summed E-state index contributed by atoms with van der Waals surface area (Å²) in [4.78, 5) is 15.4. The number of ether oxygens (including phenoxy) is 2. The molecule has 1 rings (SSSR count). The Hall–Kier alpha value is -1.05. The number of halogens is 1. The topological polar surface area (TPSA) is 74.4 Å². The lowest BCUT2D eigenvalue weighted by atomic mass is 9.95. The zero-order chi connectivity index (χ0) is 15.3. The molecule has 0 aliphatic carbocycles. The molecule has 1 aromatic rings. The van der Waals surface area contributed by atoms with Crippen LogP contribution in [0.15, 0.2) is 12.1 Å². The van der Waals surface area contributed by atoms with Gasteiger partial charge in [-0.2, -0.15) is 0 Å². The number of primary amides is 1. The predicted molar refractivity (Wildman–Crippen MR) is 85.7 cm³/mol. The number of carbonyl (C=O) groups excluding carboxylic acids is 1. The van der Waals surface area contributed by atoms with Gasteiger partial charge in [0.15, 0.2) is 0 Å². The van der Waals surface area contributed by atoms with E-state index in [1.54, 1.807) is 0 Å². The maximum Gasteiger partial charge on any atom is 0.405 e. The van der Waals surface area contributed by atoms with Crippen molar-refractivity contribution in [2.24, 2.45) is 11.7 Å². The van der Waals surface area contributed by atoms with Crippen LogP contribution < -0.4 is 10.5 Å². The maximum absolute atomic E-state index is 11.1. The summed E-state index contributed by atoms with van der Waals surface area (Å²) in [6.45, 7) is 8.07. The number of carbonyl (C=O) groups is 1. The van der Waals surface area contributed by atoms with E-state index in [1.165, 1.54) is 0 Å². The van der Waals surface area contributed by atoms with E-state index in [4.69, 9.17) is 15.2 Å². The van der Waals surface area contributed by atoms with Crippen LogP contribution >= 0.6 is 22.6 Å². The first-order valence-electron chi connectivity index (χ1n) is 6.46. The van der Waals surface area contributed by atoms with Crippen LogP contribution in [0.4, 0.5) is 4.79 Å². The van der Waals surface area contributed by atoms with Crippen molar-refractivity contribution in [2.75, 3.05) is 6.61 Å². The fourth-order valence-electron chi connectivity index (χ4n) is 2.14. The molecule has 20 heavy (non-hydrogen) atoms. The van der Waals surface area contributed by atoms with Crippen molar-refractivity contribution in [1.82, 2.24) is 4.98 Å². The number of hydrogen-bond acceptors (Lipinski definition) is 4. The summed E-state index contributed by atoms with van der Waals surface area (Å²) in [6.07, 6.45) is -0.110. The molecule has 0 spiro atoms. The smallest absolute Gasteiger partial charge is 0.405 e. The van der Waals surface area contributed by atoms with E-state index in [2.05, 4.69) is 41.4 Å². The first-order chi connectivity index (χ1) is 9.22. The molecule has 0 saturated carbocycles. The number of nitrogens with two attached hydrogens (primary N) is 1. The van der Waals surface area contributed by atoms with Gasteiger partial charge in [0, 0.05) is 0 Å². The lowest BCUT2D eigenvalue weighted by molar-refractivity contribution is -0.0188. The summed E-state index contributed by atoms with van der Waals surface area (Å²) in [5.41, 5.74) is 5.21. The van der Waals surface area contributed by atoms with Crippen LogP contribution in [0.1, 0.15) is 32.9 Å². The predicted octanol–water partition coefficient (Wildman–Crippen LogP) is 3.27. The molecular weight excluding hydrogens is 371 g/mol. The number of rotatable bonds is 6. The Balaban J connectivity index is 2.77. The lowest BCUT2D eigenvalue weighted by Crippen LogP contribution is -2.41. The summed E-state index contributed by atoms with van der Waals surface area (Å²) in [7, 11) is 0. The molecule has 1 atom stereocenters. The summed E-state index contributed by atoms with van der Waals surface area (Å²) in [5.74, 6) is 1.05. The van der Waals surface area contributed by atoms with Gasteiger partial charge in [0.05, 0.1) is 5.69 Å². The van der Waals surface area contributed by atoms with Crippen molar-refractivity contribution in [1.29, 1.82) is 0 Å². The van der Waals surface area contributed by atoms with Crippen molar-refractivity contribution in [3.8, 4) is 5.75 Å². The summed E-state index contributed by atoms with van der Waals surface area (Å²) in [5, 5.41) is 0. The zero-order valence-electron chi connectivity index (χ0n) is 12.3. The number of pyridine rings is 1. The Kier molecular flexibility index (Phi) is 6.04. The minimum Gasteiger partial charge on any atom is -0.488 e. The van der Waals surface area contributed by atoms with Gasteiger partial charge < -0.3 is 15.2 Å². The molecular formula is C14H21IN2O3. The standard InChI is InChI=1S/C14H21IN2O3/c1-9(2)7-14(4,20-13(16)18)8-19-11-5-6-12(15)17-10(11)3/h5-6,9H,7-8H2,1-4H3,(H2,16,18)/t14-/m0/s1. The SMILES string of the molecule is Cc1nc(I)ccc1OC[C@](C)(CC(C)C)OC(N)=O. The minimum atomic E-state index is -0.783. The second-order valence-corrected chi connectivity index (χ2v) is 6.58. The van der Waals surface area contributed by atoms with E-state index in [9.17, 15) is 4.79 Å². The first-order valence-corrected chi connectivity index (χ1v) is 7.54. The van der Waals surface area contributed by atoms with E-state index >= 15 is 0 Å². The molecule has 0 aromatic carbocycles. The first kappa shape index (κ1) is 17.0. The van der Waals surface area contributed by atoms with Crippen LogP contribution in [0.5, 0.6) is 5.75 Å². The largest absolute Gasteiger partial charge is 0.488 e. The van der Waals surface area contributed by atoms with Gasteiger partial charge >= 0.3 is 6.09 Å². The number of nitrogens with zero attached hydrogens (tertiary/aromatic N) is 1. The number of aryl methyl sites for hydroxylation is 1. The Bertz CT molecular complexity index is 479. The van der Waals surface area contributed by atoms with E-state index in [-0.39, 0.29) is 6.61 Å². The molecule has 0 saturated heterocycles. The van der Waals surface area contributed by atoms with Crippen LogP contribution in [0.25, 0.3) is 0 Å². The molecule has 6 heteroatoms. The van der Waals surface area contributed by atoms with E-state index in [0.717, 1.165) is 9.39 Å². The second kappa shape index (κ2) is 7.10. The van der Waals surface area contributed by atoms with Gasteiger partial charge in [0.2, 0.25) is 0 Å².